The summed E-state index contributed by atoms with van der Waals surface area (Å²) in [5.41, 5.74) is 4.76. The summed E-state index contributed by atoms with van der Waals surface area (Å²) in [6, 6.07) is 19.4. The van der Waals surface area contributed by atoms with E-state index in [1.54, 1.807) is 0 Å². The van der Waals surface area contributed by atoms with Gasteiger partial charge in [-0.05, 0) is 51.2 Å². The van der Waals surface area contributed by atoms with Crippen LogP contribution in [0.15, 0.2) is 72.7 Å². The van der Waals surface area contributed by atoms with Crippen molar-refractivity contribution in [3.63, 3.8) is 0 Å². The number of allylic oxidation sites excluding steroid dienone is 1. The van der Waals surface area contributed by atoms with Crippen LogP contribution in [0.5, 0.6) is 0 Å². The Hall–Kier alpha value is -2.95. The fourth-order valence-corrected chi connectivity index (χ4v) is 4.86. The van der Waals surface area contributed by atoms with E-state index in [1.165, 1.54) is 22.2 Å². The molecule has 0 unspecified atom stereocenters. The molecule has 2 aromatic rings. The first-order chi connectivity index (χ1) is 15.4. The zero-order valence-corrected chi connectivity index (χ0v) is 19.5. The fraction of sp³-hybridized carbons (Fsp3) is 0.370. The summed E-state index contributed by atoms with van der Waals surface area (Å²) in [6.45, 7) is 12.2. The maximum Gasteiger partial charge on any atom is 0.410 e. The highest BCUT2D eigenvalue weighted by Gasteiger charge is 2.38. The molecule has 32 heavy (non-hydrogen) atoms. The minimum atomic E-state index is -0.465. The third kappa shape index (κ3) is 4.77. The third-order valence-electron chi connectivity index (χ3n) is 6.25. The quantitative estimate of drug-likeness (QED) is 0.498. The Morgan fingerprint density at radius 2 is 1.75 bits per heavy atom. The Balaban J connectivity index is 1.63. The zero-order valence-electron chi connectivity index (χ0n) is 19.5. The van der Waals surface area contributed by atoms with E-state index < -0.39 is 5.60 Å². The average Bonchev–Trinajstić information content (AvgIpc) is 2.78. The molecule has 0 saturated carbocycles. The van der Waals surface area contributed by atoms with E-state index in [0.717, 1.165) is 32.5 Å². The lowest BCUT2D eigenvalue weighted by Crippen LogP contribution is -2.54. The van der Waals surface area contributed by atoms with Gasteiger partial charge < -0.3 is 14.4 Å². The minimum Gasteiger partial charge on any atom is -0.444 e. The number of carbonyl (C=O) groups is 1. The number of carbonyl (C=O) groups excluding carboxylic acids is 1. The van der Waals surface area contributed by atoms with E-state index in [9.17, 15) is 4.79 Å². The molecule has 2 aliphatic heterocycles. The summed E-state index contributed by atoms with van der Waals surface area (Å²) in [7, 11) is 0. The Morgan fingerprint density at radius 3 is 2.41 bits per heavy atom. The van der Waals surface area contributed by atoms with Crippen molar-refractivity contribution in [2.45, 2.75) is 39.2 Å². The SMILES string of the molecule is C=CCN1B(c2ccccc2)C(C2CCN(C(=O)OC(C)(C)C)CC2)=Cc2ccccc21. The molecule has 2 heterocycles. The van der Waals surface area contributed by atoms with Crippen molar-refractivity contribution >= 4 is 30.2 Å². The molecule has 0 aliphatic carbocycles. The van der Waals surface area contributed by atoms with Crippen molar-refractivity contribution in [2.75, 3.05) is 24.4 Å². The molecule has 1 fully saturated rings. The monoisotopic (exact) mass is 428 g/mol. The second-order valence-electron chi connectivity index (χ2n) is 9.70. The molecule has 2 aromatic carbocycles. The maximum absolute atomic E-state index is 12.6. The van der Waals surface area contributed by atoms with Crippen LogP contribution in [0.2, 0.25) is 0 Å². The molecule has 0 bridgehead atoms. The average molecular weight is 428 g/mol. The van der Waals surface area contributed by atoms with Crippen LogP contribution in [-0.4, -0.2) is 43.1 Å². The number of likely N-dealkylation sites (tertiary alicyclic amines) is 1. The van der Waals surface area contributed by atoms with E-state index >= 15 is 0 Å². The van der Waals surface area contributed by atoms with Gasteiger partial charge in [-0.1, -0.05) is 71.6 Å². The van der Waals surface area contributed by atoms with E-state index in [0.29, 0.717) is 5.92 Å². The Bertz CT molecular complexity index is 988. The number of anilines is 1. The normalized spacial score (nSPS) is 17.0. The predicted octanol–water partition coefficient (Wildman–Crippen LogP) is 5.16. The van der Waals surface area contributed by atoms with Gasteiger partial charge in [-0.3, -0.25) is 0 Å². The Labute approximate surface area is 192 Å². The van der Waals surface area contributed by atoms with Crippen molar-refractivity contribution in [2.24, 2.45) is 5.92 Å². The van der Waals surface area contributed by atoms with Crippen molar-refractivity contribution in [1.29, 1.82) is 0 Å². The minimum absolute atomic E-state index is 0.169. The van der Waals surface area contributed by atoms with Crippen LogP contribution in [0.4, 0.5) is 10.5 Å². The van der Waals surface area contributed by atoms with E-state index in [-0.39, 0.29) is 12.9 Å². The molecule has 0 aromatic heterocycles. The van der Waals surface area contributed by atoms with Gasteiger partial charge in [0, 0.05) is 25.3 Å². The van der Waals surface area contributed by atoms with Gasteiger partial charge in [-0.15, -0.1) is 6.58 Å². The largest absolute Gasteiger partial charge is 0.444 e. The lowest BCUT2D eigenvalue weighted by atomic mass is 9.43. The van der Waals surface area contributed by atoms with Gasteiger partial charge in [-0.2, -0.15) is 0 Å². The molecular formula is C27H33BN2O2. The van der Waals surface area contributed by atoms with Crippen LogP contribution >= 0.6 is 0 Å². The topological polar surface area (TPSA) is 32.8 Å². The summed E-state index contributed by atoms with van der Waals surface area (Å²) in [5, 5.41) is 0. The first-order valence-corrected chi connectivity index (χ1v) is 11.6. The van der Waals surface area contributed by atoms with E-state index in [2.05, 4.69) is 72.1 Å². The van der Waals surface area contributed by atoms with Gasteiger partial charge in [0.05, 0.1) is 0 Å². The molecule has 5 heteroatoms. The van der Waals surface area contributed by atoms with Crippen LogP contribution < -0.4 is 10.3 Å². The van der Waals surface area contributed by atoms with Crippen molar-refractivity contribution in [1.82, 2.24) is 4.90 Å². The van der Waals surface area contributed by atoms with E-state index in [4.69, 9.17) is 4.74 Å². The molecule has 1 amide bonds. The number of amides is 1. The second kappa shape index (κ2) is 9.27. The van der Waals surface area contributed by atoms with Gasteiger partial charge in [0.15, 0.2) is 0 Å². The summed E-state index contributed by atoms with van der Waals surface area (Å²) in [4.78, 5) is 16.9. The lowest BCUT2D eigenvalue weighted by molar-refractivity contribution is 0.0196. The highest BCUT2D eigenvalue weighted by atomic mass is 16.6. The number of para-hydroxylation sites is 1. The standard InChI is InChI=1S/C27H33BN2O2/c1-5-17-30-25-14-10-9-11-22(25)20-24(28(30)23-12-7-6-8-13-23)21-15-18-29(19-16-21)26(31)32-27(2,3)4/h5-14,20-21H,1,15-19H2,2-4H3. The maximum atomic E-state index is 12.6. The smallest absolute Gasteiger partial charge is 0.410 e. The number of hydrogen-bond donors (Lipinski definition) is 0. The zero-order chi connectivity index (χ0) is 22.7. The van der Waals surface area contributed by atoms with Crippen LogP contribution in [0.25, 0.3) is 6.08 Å². The van der Waals surface area contributed by atoms with Crippen molar-refractivity contribution < 1.29 is 9.53 Å². The van der Waals surface area contributed by atoms with Crippen LogP contribution in [0, 0.1) is 5.92 Å². The molecule has 0 spiro atoms. The molecule has 166 valence electrons. The molecular weight excluding hydrogens is 395 g/mol. The number of fused-ring (bicyclic) bond motifs is 1. The highest BCUT2D eigenvalue weighted by Crippen LogP contribution is 2.37. The van der Waals surface area contributed by atoms with Crippen molar-refractivity contribution in [3.8, 4) is 0 Å². The van der Waals surface area contributed by atoms with Crippen molar-refractivity contribution in [3.05, 3.63) is 78.3 Å². The molecule has 0 atom stereocenters. The van der Waals surface area contributed by atoms with Crippen LogP contribution in [-0.2, 0) is 4.74 Å². The molecule has 2 aliphatic rings. The number of piperidine rings is 1. The summed E-state index contributed by atoms with van der Waals surface area (Å²) in [6.07, 6.45) is 6.06. The lowest BCUT2D eigenvalue weighted by Gasteiger charge is -2.42. The molecule has 4 rings (SSSR count). The Morgan fingerprint density at radius 1 is 1.09 bits per heavy atom. The summed E-state index contributed by atoms with van der Waals surface area (Å²) < 4.78 is 5.60. The number of nitrogens with zero attached hydrogens (tertiary/aromatic N) is 2. The summed E-state index contributed by atoms with van der Waals surface area (Å²) in [5.74, 6) is 0.416. The first kappa shape index (κ1) is 22.3. The fourth-order valence-electron chi connectivity index (χ4n) is 4.86. The van der Waals surface area contributed by atoms with E-state index in [1.807, 2.05) is 31.7 Å². The Kier molecular flexibility index (Phi) is 6.45. The van der Waals surface area contributed by atoms with Crippen LogP contribution in [0.1, 0.15) is 39.2 Å². The van der Waals surface area contributed by atoms with Gasteiger partial charge in [0.1, 0.15) is 5.60 Å². The van der Waals surface area contributed by atoms with Gasteiger partial charge >= 0.3 is 12.9 Å². The number of ether oxygens (including phenoxy) is 1. The van der Waals surface area contributed by atoms with Gasteiger partial charge in [-0.25, -0.2) is 4.79 Å². The molecule has 0 radical (unpaired) electrons. The second-order valence-corrected chi connectivity index (χ2v) is 9.70. The van der Waals surface area contributed by atoms with Gasteiger partial charge in [0.25, 0.3) is 0 Å². The van der Waals surface area contributed by atoms with Gasteiger partial charge in [0.2, 0.25) is 0 Å². The highest BCUT2D eigenvalue weighted by molar-refractivity contribution is 6.84. The van der Waals surface area contributed by atoms with Crippen LogP contribution in [0.3, 0.4) is 0 Å². The predicted molar refractivity (Wildman–Crippen MR) is 134 cm³/mol. The number of rotatable bonds is 4. The molecule has 0 N–H and O–H groups in total. The first-order valence-electron chi connectivity index (χ1n) is 11.6. The molecule has 4 nitrogen and oxygen atoms in total. The molecule has 1 saturated heterocycles. The number of hydrogen-bond acceptors (Lipinski definition) is 3. The third-order valence-corrected chi connectivity index (χ3v) is 6.25. The number of benzene rings is 2. The summed E-state index contributed by atoms with van der Waals surface area (Å²) >= 11 is 0.